The van der Waals surface area contributed by atoms with Crippen molar-refractivity contribution in [2.24, 2.45) is 5.92 Å². The number of hydrogen-bond acceptors (Lipinski definition) is 3. The van der Waals surface area contributed by atoms with Gasteiger partial charge in [0.15, 0.2) is 0 Å². The van der Waals surface area contributed by atoms with Crippen molar-refractivity contribution in [3.8, 4) is 0 Å². The molecule has 7 nitrogen and oxygen atoms in total. The molecule has 21 heavy (non-hydrogen) atoms. The predicted octanol–water partition coefficient (Wildman–Crippen LogP) is 0.845. The molecule has 3 amide bonds. The van der Waals surface area contributed by atoms with Gasteiger partial charge in [-0.3, -0.25) is 9.59 Å². The van der Waals surface area contributed by atoms with Crippen molar-refractivity contribution < 1.29 is 19.5 Å². The van der Waals surface area contributed by atoms with Gasteiger partial charge in [0.2, 0.25) is 5.91 Å². The topological polar surface area (TPSA) is 108 Å². The molecule has 0 aromatic carbocycles. The second-order valence-corrected chi connectivity index (χ2v) is 5.50. The molecule has 7 heteroatoms. The quantitative estimate of drug-likeness (QED) is 0.559. The Kier molecular flexibility index (Phi) is 7.56. The summed E-state index contributed by atoms with van der Waals surface area (Å²) in [6.07, 6.45) is 6.68. The molecule has 0 saturated heterocycles. The number of carbonyl (C=O) groups is 3. The van der Waals surface area contributed by atoms with Gasteiger partial charge in [-0.05, 0) is 31.6 Å². The van der Waals surface area contributed by atoms with E-state index >= 15 is 0 Å². The molecule has 0 aromatic rings. The predicted molar refractivity (Wildman–Crippen MR) is 77.8 cm³/mol. The fourth-order valence-electron chi connectivity index (χ4n) is 2.64. The second kappa shape index (κ2) is 9.20. The molecule has 0 aromatic heterocycles. The number of carboxylic acids is 1. The first kappa shape index (κ1) is 17.3. The summed E-state index contributed by atoms with van der Waals surface area (Å²) in [5.41, 5.74) is 0. The molecule has 4 N–H and O–H groups in total. The molecule has 0 heterocycles. The zero-order chi connectivity index (χ0) is 15.7. The number of carbonyl (C=O) groups excluding carboxylic acids is 2. The number of urea groups is 1. The van der Waals surface area contributed by atoms with E-state index in [2.05, 4.69) is 22.9 Å². The van der Waals surface area contributed by atoms with Crippen LogP contribution in [0.3, 0.4) is 0 Å². The van der Waals surface area contributed by atoms with Crippen LogP contribution in [0, 0.1) is 5.92 Å². The molecule has 0 bridgehead atoms. The maximum Gasteiger partial charge on any atom is 0.322 e. The number of carboxylic acid groups (broad SMARTS) is 1. The summed E-state index contributed by atoms with van der Waals surface area (Å²) in [5.74, 6) is -0.853. The SMILES string of the molecule is CCCC1CCC(NC(=O)NCC(=O)NCC(=O)O)CC1. The van der Waals surface area contributed by atoms with E-state index in [9.17, 15) is 14.4 Å². The average molecular weight is 299 g/mol. The Morgan fingerprint density at radius 3 is 2.29 bits per heavy atom. The smallest absolute Gasteiger partial charge is 0.322 e. The van der Waals surface area contributed by atoms with E-state index < -0.39 is 18.4 Å². The van der Waals surface area contributed by atoms with Crippen molar-refractivity contribution >= 4 is 17.9 Å². The molecule has 0 spiro atoms. The lowest BCUT2D eigenvalue weighted by atomic mass is 9.83. The van der Waals surface area contributed by atoms with E-state index in [-0.39, 0.29) is 18.6 Å². The van der Waals surface area contributed by atoms with Crippen molar-refractivity contribution in [3.63, 3.8) is 0 Å². The van der Waals surface area contributed by atoms with Gasteiger partial charge in [0, 0.05) is 6.04 Å². The highest BCUT2D eigenvalue weighted by Crippen LogP contribution is 2.27. The number of aliphatic carboxylic acids is 1. The standard InChI is InChI=1S/C14H25N3O4/c1-2-3-10-4-6-11(7-5-10)17-14(21)16-8-12(18)15-9-13(19)20/h10-11H,2-9H2,1H3,(H,15,18)(H,19,20)(H2,16,17,21). The largest absolute Gasteiger partial charge is 0.480 e. The van der Waals surface area contributed by atoms with Crippen LogP contribution in [0.25, 0.3) is 0 Å². The summed E-state index contributed by atoms with van der Waals surface area (Å²) < 4.78 is 0. The molecule has 1 aliphatic carbocycles. The van der Waals surface area contributed by atoms with E-state index in [0.717, 1.165) is 31.6 Å². The first-order chi connectivity index (χ1) is 10.0. The molecule has 1 saturated carbocycles. The maximum atomic E-state index is 11.6. The molecular weight excluding hydrogens is 274 g/mol. The zero-order valence-electron chi connectivity index (χ0n) is 12.5. The van der Waals surface area contributed by atoms with Crippen molar-refractivity contribution in [1.29, 1.82) is 0 Å². The molecular formula is C14H25N3O4. The molecule has 0 unspecified atom stereocenters. The molecule has 1 fully saturated rings. The highest BCUT2D eigenvalue weighted by molar-refractivity contribution is 5.86. The van der Waals surface area contributed by atoms with Gasteiger partial charge in [-0.2, -0.15) is 0 Å². The maximum absolute atomic E-state index is 11.6. The van der Waals surface area contributed by atoms with Crippen LogP contribution >= 0.6 is 0 Å². The van der Waals surface area contributed by atoms with Gasteiger partial charge >= 0.3 is 12.0 Å². The van der Waals surface area contributed by atoms with Gasteiger partial charge in [0.05, 0.1) is 6.54 Å². The van der Waals surface area contributed by atoms with Crippen LogP contribution in [0.1, 0.15) is 45.4 Å². The minimum atomic E-state index is -1.11. The fourth-order valence-corrected chi connectivity index (χ4v) is 2.64. The zero-order valence-corrected chi connectivity index (χ0v) is 12.5. The Bertz CT molecular complexity index is 365. The lowest BCUT2D eigenvalue weighted by Crippen LogP contribution is -2.47. The van der Waals surface area contributed by atoms with Crippen molar-refractivity contribution in [3.05, 3.63) is 0 Å². The molecule has 1 aliphatic rings. The van der Waals surface area contributed by atoms with Crippen LogP contribution in [0.5, 0.6) is 0 Å². The van der Waals surface area contributed by atoms with Crippen molar-refractivity contribution in [1.82, 2.24) is 16.0 Å². The second-order valence-electron chi connectivity index (χ2n) is 5.50. The summed E-state index contributed by atoms with van der Waals surface area (Å²) in [5, 5.41) is 15.9. The van der Waals surface area contributed by atoms with E-state index in [1.54, 1.807) is 0 Å². The average Bonchev–Trinajstić information content (AvgIpc) is 2.45. The van der Waals surface area contributed by atoms with Crippen LogP contribution in [0.4, 0.5) is 4.79 Å². The molecule has 1 rings (SSSR count). The van der Waals surface area contributed by atoms with E-state index in [1.165, 1.54) is 12.8 Å². The minimum absolute atomic E-state index is 0.167. The van der Waals surface area contributed by atoms with Gasteiger partial charge in [-0.1, -0.05) is 19.8 Å². The summed E-state index contributed by atoms with van der Waals surface area (Å²) in [6, 6.07) is -0.209. The van der Waals surface area contributed by atoms with Gasteiger partial charge in [-0.25, -0.2) is 4.79 Å². The first-order valence-electron chi connectivity index (χ1n) is 7.54. The highest BCUT2D eigenvalue weighted by atomic mass is 16.4. The summed E-state index contributed by atoms with van der Waals surface area (Å²) in [4.78, 5) is 33.1. The van der Waals surface area contributed by atoms with Crippen LogP contribution in [-0.4, -0.2) is 42.1 Å². The van der Waals surface area contributed by atoms with Crippen molar-refractivity contribution in [2.45, 2.75) is 51.5 Å². The Morgan fingerprint density at radius 1 is 1.05 bits per heavy atom. The van der Waals surface area contributed by atoms with Gasteiger partial charge in [-0.15, -0.1) is 0 Å². The molecule has 0 aliphatic heterocycles. The highest BCUT2D eigenvalue weighted by Gasteiger charge is 2.21. The Hall–Kier alpha value is -1.79. The van der Waals surface area contributed by atoms with Crippen LogP contribution < -0.4 is 16.0 Å². The number of rotatable bonds is 7. The van der Waals surface area contributed by atoms with Crippen LogP contribution in [0.2, 0.25) is 0 Å². The normalized spacial score (nSPS) is 21.4. The molecule has 0 atom stereocenters. The van der Waals surface area contributed by atoms with Gasteiger partial charge < -0.3 is 21.1 Å². The minimum Gasteiger partial charge on any atom is -0.480 e. The van der Waals surface area contributed by atoms with Crippen molar-refractivity contribution in [2.75, 3.05) is 13.1 Å². The lowest BCUT2D eigenvalue weighted by Gasteiger charge is -2.28. The van der Waals surface area contributed by atoms with Gasteiger partial charge in [0.25, 0.3) is 0 Å². The number of amides is 3. The van der Waals surface area contributed by atoms with E-state index in [1.807, 2.05) is 0 Å². The lowest BCUT2D eigenvalue weighted by molar-refractivity contribution is -0.137. The Morgan fingerprint density at radius 2 is 1.71 bits per heavy atom. The van der Waals surface area contributed by atoms with Crippen LogP contribution in [-0.2, 0) is 9.59 Å². The van der Waals surface area contributed by atoms with Crippen LogP contribution in [0.15, 0.2) is 0 Å². The Balaban J connectivity index is 2.14. The Labute approximate surface area is 124 Å². The summed E-state index contributed by atoms with van der Waals surface area (Å²) in [6.45, 7) is 1.53. The number of nitrogens with one attached hydrogen (secondary N) is 3. The fraction of sp³-hybridized carbons (Fsp3) is 0.786. The third-order valence-electron chi connectivity index (χ3n) is 3.73. The van der Waals surface area contributed by atoms with Gasteiger partial charge in [0.1, 0.15) is 6.54 Å². The summed E-state index contributed by atoms with van der Waals surface area (Å²) >= 11 is 0. The third-order valence-corrected chi connectivity index (χ3v) is 3.73. The monoisotopic (exact) mass is 299 g/mol. The van der Waals surface area contributed by atoms with E-state index in [0.29, 0.717) is 0 Å². The first-order valence-corrected chi connectivity index (χ1v) is 7.54. The third kappa shape index (κ3) is 7.53. The molecule has 120 valence electrons. The van der Waals surface area contributed by atoms with E-state index in [4.69, 9.17) is 5.11 Å². The molecule has 0 radical (unpaired) electrons. The summed E-state index contributed by atoms with van der Waals surface area (Å²) in [7, 11) is 0. The number of hydrogen-bond donors (Lipinski definition) is 4.